The predicted octanol–water partition coefficient (Wildman–Crippen LogP) is 4.26. The van der Waals surface area contributed by atoms with E-state index in [1.54, 1.807) is 36.4 Å². The lowest BCUT2D eigenvalue weighted by Crippen LogP contribution is -2.46. The molecule has 0 unspecified atom stereocenters. The van der Waals surface area contributed by atoms with Gasteiger partial charge in [0.1, 0.15) is 11.4 Å². The summed E-state index contributed by atoms with van der Waals surface area (Å²) in [5, 5.41) is 12.1. The molecule has 162 valence electrons. The van der Waals surface area contributed by atoms with Crippen molar-refractivity contribution in [2.45, 2.75) is 31.2 Å². The summed E-state index contributed by atoms with van der Waals surface area (Å²) >= 11 is 0. The van der Waals surface area contributed by atoms with Crippen LogP contribution in [0.3, 0.4) is 0 Å². The lowest BCUT2D eigenvalue weighted by atomic mass is 10.00. The Morgan fingerprint density at radius 3 is 2.59 bits per heavy atom. The maximum Gasteiger partial charge on any atom is 0.339 e. The zero-order valence-electron chi connectivity index (χ0n) is 17.1. The van der Waals surface area contributed by atoms with Gasteiger partial charge in [-0.1, -0.05) is 12.1 Å². The molecular weight excluding hydrogens is 413 g/mol. The first kappa shape index (κ1) is 21.2. The molecule has 0 aliphatic heterocycles. The Kier molecular flexibility index (Phi) is 5.99. The number of nitrogens with zero attached hydrogens (tertiary/aromatic N) is 2. The molecule has 0 atom stereocenters. The summed E-state index contributed by atoms with van der Waals surface area (Å²) in [5.74, 6) is -0.986. The molecular formula is C24H20FN3O4. The van der Waals surface area contributed by atoms with Crippen molar-refractivity contribution in [2.75, 3.05) is 6.61 Å². The summed E-state index contributed by atoms with van der Waals surface area (Å²) in [6.45, 7) is -0.497. The monoisotopic (exact) mass is 433 g/mol. The van der Waals surface area contributed by atoms with Crippen LogP contribution in [0.15, 0.2) is 59.1 Å². The minimum Gasteiger partial charge on any atom is -0.452 e. The number of halogens is 1. The molecule has 0 radical (unpaired) electrons. The average molecular weight is 433 g/mol. The van der Waals surface area contributed by atoms with Crippen LogP contribution in [-0.2, 0) is 9.53 Å². The molecule has 7 nitrogen and oxygen atoms in total. The van der Waals surface area contributed by atoms with E-state index in [1.165, 1.54) is 18.3 Å². The van der Waals surface area contributed by atoms with Crippen molar-refractivity contribution < 1.29 is 23.1 Å². The maximum absolute atomic E-state index is 13.2. The van der Waals surface area contributed by atoms with Crippen LogP contribution in [-0.4, -0.2) is 29.0 Å². The van der Waals surface area contributed by atoms with Crippen LogP contribution in [0.4, 0.5) is 4.39 Å². The largest absolute Gasteiger partial charge is 0.452 e. The minimum atomic E-state index is -0.879. The Morgan fingerprint density at radius 2 is 1.88 bits per heavy atom. The molecule has 4 rings (SSSR count). The highest BCUT2D eigenvalue weighted by Crippen LogP contribution is 2.30. The van der Waals surface area contributed by atoms with Crippen molar-refractivity contribution in [1.82, 2.24) is 10.3 Å². The van der Waals surface area contributed by atoms with Crippen molar-refractivity contribution >= 4 is 11.9 Å². The fraction of sp³-hybridized carbons (Fsp3) is 0.250. The van der Waals surface area contributed by atoms with Crippen LogP contribution < -0.4 is 5.32 Å². The average Bonchev–Trinajstić information content (AvgIpc) is 3.48. The van der Waals surface area contributed by atoms with Gasteiger partial charge in [0.25, 0.3) is 5.91 Å². The molecule has 1 saturated carbocycles. The molecule has 0 saturated heterocycles. The second kappa shape index (κ2) is 9.02. The molecule has 2 aromatic carbocycles. The van der Waals surface area contributed by atoms with Crippen molar-refractivity contribution in [3.63, 3.8) is 0 Å². The van der Waals surface area contributed by atoms with Gasteiger partial charge in [0.15, 0.2) is 12.4 Å². The molecule has 1 amide bonds. The van der Waals surface area contributed by atoms with E-state index in [2.05, 4.69) is 16.4 Å². The first-order chi connectivity index (χ1) is 15.5. The van der Waals surface area contributed by atoms with Crippen molar-refractivity contribution in [1.29, 1.82) is 5.26 Å². The molecule has 1 aliphatic rings. The van der Waals surface area contributed by atoms with Gasteiger partial charge in [-0.15, -0.1) is 0 Å². The molecule has 0 spiro atoms. The fourth-order valence-corrected chi connectivity index (χ4v) is 3.75. The fourth-order valence-electron chi connectivity index (χ4n) is 3.75. The molecule has 8 heteroatoms. The highest BCUT2D eigenvalue weighted by Gasteiger charge is 2.35. The van der Waals surface area contributed by atoms with E-state index >= 15 is 0 Å². The number of aromatic nitrogens is 1. The lowest BCUT2D eigenvalue weighted by molar-refractivity contribution is -0.125. The Balaban J connectivity index is 1.46. The number of benzene rings is 2. The molecule has 1 aliphatic carbocycles. The van der Waals surface area contributed by atoms with Crippen molar-refractivity contribution in [3.05, 3.63) is 66.1 Å². The normalized spacial score (nSPS) is 14.5. The zero-order chi connectivity index (χ0) is 22.6. The molecule has 0 bridgehead atoms. The molecule has 3 aromatic rings. The molecule has 32 heavy (non-hydrogen) atoms. The third-order valence-corrected chi connectivity index (χ3v) is 5.40. The Labute approximate surface area is 183 Å². The third kappa shape index (κ3) is 4.52. The zero-order valence-corrected chi connectivity index (χ0v) is 17.1. The van der Waals surface area contributed by atoms with Crippen LogP contribution in [0, 0.1) is 17.1 Å². The number of nitrogens with one attached hydrogen (secondary N) is 1. The SMILES string of the molecule is N#CC1(NC(=O)COC(=O)c2ccccc2-c2ncc(-c3ccc(F)cc3)o2)CCCC1. The summed E-state index contributed by atoms with van der Waals surface area (Å²) in [6, 6.07) is 14.5. The van der Waals surface area contributed by atoms with E-state index in [1.807, 2.05) is 0 Å². The van der Waals surface area contributed by atoms with Gasteiger partial charge in [-0.2, -0.15) is 5.26 Å². The van der Waals surface area contributed by atoms with E-state index in [9.17, 15) is 19.2 Å². The highest BCUT2D eigenvalue weighted by atomic mass is 19.1. The van der Waals surface area contributed by atoms with E-state index in [0.29, 0.717) is 29.7 Å². The second-order valence-corrected chi connectivity index (χ2v) is 7.61. The number of nitriles is 1. The number of esters is 1. The van der Waals surface area contributed by atoms with Gasteiger partial charge in [0.05, 0.1) is 23.4 Å². The van der Waals surface area contributed by atoms with E-state index in [0.717, 1.165) is 12.8 Å². The van der Waals surface area contributed by atoms with Crippen LogP contribution in [0.2, 0.25) is 0 Å². The smallest absolute Gasteiger partial charge is 0.339 e. The van der Waals surface area contributed by atoms with Gasteiger partial charge in [-0.25, -0.2) is 14.2 Å². The Hall–Kier alpha value is -3.99. The number of amides is 1. The van der Waals surface area contributed by atoms with Crippen molar-refractivity contribution in [2.24, 2.45) is 0 Å². The molecule has 1 heterocycles. The van der Waals surface area contributed by atoms with Gasteiger partial charge in [0, 0.05) is 5.56 Å². The minimum absolute atomic E-state index is 0.184. The quantitative estimate of drug-likeness (QED) is 0.583. The van der Waals surface area contributed by atoms with E-state index < -0.39 is 24.0 Å². The maximum atomic E-state index is 13.2. The van der Waals surface area contributed by atoms with Gasteiger partial charge >= 0.3 is 5.97 Å². The first-order valence-corrected chi connectivity index (χ1v) is 10.2. The Bertz CT molecular complexity index is 1170. The van der Waals surface area contributed by atoms with E-state index in [-0.39, 0.29) is 17.3 Å². The number of hydrogen-bond donors (Lipinski definition) is 1. The van der Waals surface area contributed by atoms with Gasteiger partial charge in [0.2, 0.25) is 5.89 Å². The summed E-state index contributed by atoms with van der Waals surface area (Å²) in [6.07, 6.45) is 4.41. The van der Waals surface area contributed by atoms with E-state index in [4.69, 9.17) is 9.15 Å². The molecule has 1 fully saturated rings. The summed E-state index contributed by atoms with van der Waals surface area (Å²) in [5.41, 5.74) is 0.343. The van der Waals surface area contributed by atoms with Gasteiger partial charge in [-0.05, 0) is 62.1 Å². The lowest BCUT2D eigenvalue weighted by Gasteiger charge is -2.21. The second-order valence-electron chi connectivity index (χ2n) is 7.61. The predicted molar refractivity (Wildman–Crippen MR) is 113 cm³/mol. The number of rotatable bonds is 6. The van der Waals surface area contributed by atoms with Gasteiger partial charge in [-0.3, -0.25) is 4.79 Å². The third-order valence-electron chi connectivity index (χ3n) is 5.40. The first-order valence-electron chi connectivity index (χ1n) is 10.2. The number of oxazole rings is 1. The standard InChI is InChI=1S/C24H20FN3O4/c25-17-9-7-16(8-10-17)20-13-27-22(32-20)18-5-1-2-6-19(18)23(30)31-14-21(29)28-24(15-26)11-3-4-12-24/h1-2,5-10,13H,3-4,11-12,14H2,(H,28,29). The number of carbonyl (C=O) groups excluding carboxylic acids is 2. The van der Waals surface area contributed by atoms with Crippen molar-refractivity contribution in [3.8, 4) is 28.8 Å². The van der Waals surface area contributed by atoms with Crippen LogP contribution in [0.5, 0.6) is 0 Å². The van der Waals surface area contributed by atoms with Crippen LogP contribution >= 0.6 is 0 Å². The van der Waals surface area contributed by atoms with Crippen LogP contribution in [0.25, 0.3) is 22.8 Å². The van der Waals surface area contributed by atoms with Gasteiger partial charge < -0.3 is 14.5 Å². The van der Waals surface area contributed by atoms with Crippen LogP contribution in [0.1, 0.15) is 36.0 Å². The highest BCUT2D eigenvalue weighted by molar-refractivity contribution is 5.97. The summed E-state index contributed by atoms with van der Waals surface area (Å²) < 4.78 is 24.1. The number of hydrogen-bond acceptors (Lipinski definition) is 6. The number of ether oxygens (including phenoxy) is 1. The number of carbonyl (C=O) groups is 2. The summed E-state index contributed by atoms with van der Waals surface area (Å²) in [7, 11) is 0. The Morgan fingerprint density at radius 1 is 1.16 bits per heavy atom. The molecule has 1 N–H and O–H groups in total. The topological polar surface area (TPSA) is 105 Å². The summed E-state index contributed by atoms with van der Waals surface area (Å²) in [4.78, 5) is 29.1. The molecule has 1 aromatic heterocycles.